The molecule has 4 nitrogen and oxygen atoms in total. The van der Waals surface area contributed by atoms with Gasteiger partial charge in [-0.1, -0.05) is 12.1 Å². The van der Waals surface area contributed by atoms with Gasteiger partial charge in [-0.2, -0.15) is 5.10 Å². The van der Waals surface area contributed by atoms with Gasteiger partial charge in [0.05, 0.1) is 18.5 Å². The Morgan fingerprint density at radius 2 is 2.05 bits per heavy atom. The summed E-state index contributed by atoms with van der Waals surface area (Å²) in [5.74, 6) is -0.197. The molecule has 0 fully saturated rings. The number of ether oxygens (including phenoxy) is 1. The summed E-state index contributed by atoms with van der Waals surface area (Å²) in [5, 5.41) is 4.58. The van der Waals surface area contributed by atoms with Gasteiger partial charge in [0, 0.05) is 16.6 Å². The number of aromatic nitrogens is 2. The summed E-state index contributed by atoms with van der Waals surface area (Å²) in [6, 6.07) is 7.94. The van der Waals surface area contributed by atoms with E-state index in [1.807, 2.05) is 42.8 Å². The number of halogens is 1. The number of hydrogen-bond donors (Lipinski definition) is 0. The lowest BCUT2D eigenvalue weighted by Crippen LogP contribution is -2.04. The molecule has 2 rings (SSSR count). The Morgan fingerprint density at radius 3 is 2.70 bits per heavy atom. The Balaban J connectivity index is 2.34. The van der Waals surface area contributed by atoms with Crippen LogP contribution in [0.3, 0.4) is 0 Å². The van der Waals surface area contributed by atoms with Crippen LogP contribution in [0.15, 0.2) is 28.7 Å². The quantitative estimate of drug-likeness (QED) is 0.804. The van der Waals surface area contributed by atoms with Gasteiger partial charge in [-0.15, -0.1) is 0 Å². The summed E-state index contributed by atoms with van der Waals surface area (Å²) >= 11 is 3.54. The lowest BCUT2D eigenvalue weighted by Gasteiger charge is -2.07. The second-order valence-corrected chi connectivity index (χ2v) is 5.44. The average Bonchev–Trinajstić information content (AvgIpc) is 2.72. The Hall–Kier alpha value is -1.62. The molecular formula is C15H17BrN2O2. The number of benzene rings is 1. The van der Waals surface area contributed by atoms with Crippen LogP contribution in [0.2, 0.25) is 0 Å². The maximum Gasteiger partial charge on any atom is 0.305 e. The number of hydrogen-bond acceptors (Lipinski definition) is 3. The third-order valence-corrected chi connectivity index (χ3v) is 4.00. The highest BCUT2D eigenvalue weighted by molar-refractivity contribution is 9.10. The zero-order chi connectivity index (χ0) is 14.7. The molecule has 0 aliphatic heterocycles. The van der Waals surface area contributed by atoms with E-state index in [1.165, 1.54) is 7.11 Å². The molecule has 0 aliphatic carbocycles. The van der Waals surface area contributed by atoms with Crippen molar-refractivity contribution in [1.29, 1.82) is 0 Å². The molecule has 0 saturated heterocycles. The average molecular weight is 337 g/mol. The van der Waals surface area contributed by atoms with Crippen LogP contribution in [0, 0.1) is 13.8 Å². The van der Waals surface area contributed by atoms with Crippen molar-refractivity contribution in [3.8, 4) is 5.69 Å². The second-order valence-electron chi connectivity index (χ2n) is 4.59. The van der Waals surface area contributed by atoms with Crippen LogP contribution >= 0.6 is 15.9 Å². The van der Waals surface area contributed by atoms with Crippen LogP contribution < -0.4 is 0 Å². The third kappa shape index (κ3) is 2.93. The standard InChI is InChI=1S/C15H17BrN2O2/c1-10-12(8-9-15(19)20-3)11(2)18(17-10)14-7-5-4-6-13(14)16/h4-7H,8-9H2,1-3H3. The fraction of sp³-hybridized carbons (Fsp3) is 0.333. The number of para-hydroxylation sites is 1. The first-order valence-corrected chi connectivity index (χ1v) is 7.20. The molecule has 0 amide bonds. The third-order valence-electron chi connectivity index (χ3n) is 3.33. The molecule has 106 valence electrons. The summed E-state index contributed by atoms with van der Waals surface area (Å²) in [4.78, 5) is 11.3. The lowest BCUT2D eigenvalue weighted by molar-refractivity contribution is -0.140. The number of aryl methyl sites for hydroxylation is 1. The van der Waals surface area contributed by atoms with Gasteiger partial charge < -0.3 is 4.74 Å². The van der Waals surface area contributed by atoms with Crippen LogP contribution in [0.4, 0.5) is 0 Å². The predicted molar refractivity (Wildman–Crippen MR) is 81.1 cm³/mol. The van der Waals surface area contributed by atoms with E-state index in [2.05, 4.69) is 25.8 Å². The molecule has 5 heteroatoms. The van der Waals surface area contributed by atoms with E-state index in [-0.39, 0.29) is 5.97 Å². The molecule has 2 aromatic rings. The van der Waals surface area contributed by atoms with Gasteiger partial charge in [0.1, 0.15) is 0 Å². The summed E-state index contributed by atoms with van der Waals surface area (Å²) in [5.41, 5.74) is 4.10. The Bertz CT molecular complexity index is 635. The summed E-state index contributed by atoms with van der Waals surface area (Å²) < 4.78 is 7.59. The van der Waals surface area contributed by atoms with Crippen LogP contribution in [0.25, 0.3) is 5.69 Å². The molecule has 0 aliphatic rings. The zero-order valence-electron chi connectivity index (χ0n) is 11.8. The molecule has 1 heterocycles. The topological polar surface area (TPSA) is 44.1 Å². The van der Waals surface area contributed by atoms with Gasteiger partial charge >= 0.3 is 5.97 Å². The number of carbonyl (C=O) groups is 1. The van der Waals surface area contributed by atoms with E-state index in [4.69, 9.17) is 0 Å². The molecular weight excluding hydrogens is 320 g/mol. The molecule has 1 aromatic carbocycles. The van der Waals surface area contributed by atoms with Crippen LogP contribution in [-0.2, 0) is 16.0 Å². The van der Waals surface area contributed by atoms with Crippen molar-refractivity contribution in [3.63, 3.8) is 0 Å². The maximum atomic E-state index is 11.3. The Labute approximate surface area is 126 Å². The van der Waals surface area contributed by atoms with Gasteiger partial charge in [0.15, 0.2) is 0 Å². The van der Waals surface area contributed by atoms with Gasteiger partial charge in [0.2, 0.25) is 0 Å². The number of methoxy groups -OCH3 is 1. The van der Waals surface area contributed by atoms with Crippen molar-refractivity contribution < 1.29 is 9.53 Å². The van der Waals surface area contributed by atoms with Crippen molar-refractivity contribution in [2.24, 2.45) is 0 Å². The first kappa shape index (κ1) is 14.8. The van der Waals surface area contributed by atoms with Crippen molar-refractivity contribution in [2.45, 2.75) is 26.7 Å². The highest BCUT2D eigenvalue weighted by Gasteiger charge is 2.15. The summed E-state index contributed by atoms with van der Waals surface area (Å²) in [6.07, 6.45) is 1.02. The largest absolute Gasteiger partial charge is 0.469 e. The molecule has 0 atom stereocenters. The summed E-state index contributed by atoms with van der Waals surface area (Å²) in [6.45, 7) is 3.99. The van der Waals surface area contributed by atoms with E-state index >= 15 is 0 Å². The predicted octanol–water partition coefficient (Wildman–Crippen LogP) is 3.36. The van der Waals surface area contributed by atoms with Gasteiger partial charge in [-0.25, -0.2) is 4.68 Å². The van der Waals surface area contributed by atoms with Crippen molar-refractivity contribution in [2.75, 3.05) is 7.11 Å². The first-order valence-electron chi connectivity index (χ1n) is 6.41. The van der Waals surface area contributed by atoms with Gasteiger partial charge in [0.25, 0.3) is 0 Å². The number of esters is 1. The maximum absolute atomic E-state index is 11.3. The van der Waals surface area contributed by atoms with Crippen molar-refractivity contribution in [3.05, 3.63) is 45.7 Å². The molecule has 0 N–H and O–H groups in total. The van der Waals surface area contributed by atoms with Crippen LogP contribution in [0.5, 0.6) is 0 Å². The highest BCUT2D eigenvalue weighted by Crippen LogP contribution is 2.24. The van der Waals surface area contributed by atoms with E-state index in [0.717, 1.165) is 27.1 Å². The molecule has 20 heavy (non-hydrogen) atoms. The number of rotatable bonds is 4. The van der Waals surface area contributed by atoms with Crippen LogP contribution in [-0.4, -0.2) is 22.9 Å². The minimum Gasteiger partial charge on any atom is -0.469 e. The van der Waals surface area contributed by atoms with Crippen molar-refractivity contribution >= 4 is 21.9 Å². The molecule has 0 bridgehead atoms. The molecule has 0 unspecified atom stereocenters. The fourth-order valence-electron chi connectivity index (χ4n) is 2.22. The molecule has 0 spiro atoms. The highest BCUT2D eigenvalue weighted by atomic mass is 79.9. The number of nitrogens with zero attached hydrogens (tertiary/aromatic N) is 2. The van der Waals surface area contributed by atoms with E-state index in [0.29, 0.717) is 12.8 Å². The van der Waals surface area contributed by atoms with Crippen LogP contribution in [0.1, 0.15) is 23.4 Å². The Kier molecular flexibility index (Phi) is 4.60. The monoisotopic (exact) mass is 336 g/mol. The van der Waals surface area contributed by atoms with Crippen molar-refractivity contribution in [1.82, 2.24) is 9.78 Å². The number of carbonyl (C=O) groups excluding carboxylic acids is 1. The SMILES string of the molecule is COC(=O)CCc1c(C)nn(-c2ccccc2Br)c1C. The minimum absolute atomic E-state index is 0.197. The van der Waals surface area contributed by atoms with Gasteiger partial charge in [-0.3, -0.25) is 4.79 Å². The first-order chi connectivity index (χ1) is 9.54. The Morgan fingerprint density at radius 1 is 1.35 bits per heavy atom. The minimum atomic E-state index is -0.197. The molecule has 0 radical (unpaired) electrons. The zero-order valence-corrected chi connectivity index (χ0v) is 13.4. The van der Waals surface area contributed by atoms with Gasteiger partial charge in [-0.05, 0) is 53.9 Å². The fourth-order valence-corrected chi connectivity index (χ4v) is 2.68. The van der Waals surface area contributed by atoms with E-state index in [9.17, 15) is 4.79 Å². The lowest BCUT2D eigenvalue weighted by atomic mass is 10.1. The molecule has 1 aromatic heterocycles. The molecule has 0 saturated carbocycles. The smallest absolute Gasteiger partial charge is 0.305 e. The second kappa shape index (κ2) is 6.22. The van der Waals surface area contributed by atoms with E-state index < -0.39 is 0 Å². The van der Waals surface area contributed by atoms with E-state index in [1.54, 1.807) is 0 Å². The summed E-state index contributed by atoms with van der Waals surface area (Å²) in [7, 11) is 1.41. The normalized spacial score (nSPS) is 10.6.